The van der Waals surface area contributed by atoms with Crippen LogP contribution < -0.4 is 0 Å². The van der Waals surface area contributed by atoms with E-state index >= 15 is 0 Å². The van der Waals surface area contributed by atoms with Gasteiger partial charge < -0.3 is 4.42 Å². The molecule has 0 radical (unpaired) electrons. The largest absolute Gasteiger partial charge is 0.455 e. The van der Waals surface area contributed by atoms with Gasteiger partial charge in [-0.3, -0.25) is 4.98 Å². The van der Waals surface area contributed by atoms with Crippen LogP contribution in [0.3, 0.4) is 0 Å². The number of pyridine rings is 1. The van der Waals surface area contributed by atoms with Crippen LogP contribution in [-0.4, -0.2) is 4.98 Å². The molecule has 0 N–H and O–H groups in total. The van der Waals surface area contributed by atoms with Crippen LogP contribution in [0.4, 0.5) is 4.39 Å². The minimum atomic E-state index is -0.713. The maximum absolute atomic E-state index is 13.4. The van der Waals surface area contributed by atoms with Crippen molar-refractivity contribution in [2.45, 2.75) is 19.7 Å². The van der Waals surface area contributed by atoms with E-state index in [1.165, 1.54) is 12.1 Å². The van der Waals surface area contributed by atoms with Gasteiger partial charge in [-0.25, -0.2) is 4.39 Å². The summed E-state index contributed by atoms with van der Waals surface area (Å²) in [4.78, 5) is 4.55. The van der Waals surface area contributed by atoms with Gasteiger partial charge in [0, 0.05) is 29.5 Å². The Kier molecular flexibility index (Phi) is 3.90. The zero-order valence-electron chi connectivity index (χ0n) is 17.2. The van der Waals surface area contributed by atoms with Gasteiger partial charge in [0.2, 0.25) is 0 Å². The summed E-state index contributed by atoms with van der Waals surface area (Å²) < 4.78 is 28.1. The van der Waals surface area contributed by atoms with Gasteiger partial charge in [0.25, 0.3) is 0 Å². The Hall–Kier alpha value is -3.46. The molecule has 3 heteroatoms. The second kappa shape index (κ2) is 6.85. The highest BCUT2D eigenvalue weighted by molar-refractivity contribution is 6.12. The molecular weight excluding hydrogens is 361 g/mol. The molecular formula is C26H20FNO. The summed E-state index contributed by atoms with van der Waals surface area (Å²) in [6, 6.07) is 22.3. The minimum absolute atomic E-state index is 0.263. The molecule has 0 fully saturated rings. The molecule has 142 valence electrons. The molecule has 2 heterocycles. The third-order valence-electron chi connectivity index (χ3n) is 5.29. The first-order chi connectivity index (χ1) is 14.4. The van der Waals surface area contributed by atoms with E-state index in [9.17, 15) is 4.39 Å². The first kappa shape index (κ1) is 16.5. The predicted molar refractivity (Wildman–Crippen MR) is 116 cm³/mol. The molecule has 0 saturated heterocycles. The van der Waals surface area contributed by atoms with Crippen molar-refractivity contribution in [3.63, 3.8) is 0 Å². The average molecular weight is 382 g/mol. The van der Waals surface area contributed by atoms with Crippen LogP contribution in [0, 0.1) is 5.82 Å². The van der Waals surface area contributed by atoms with E-state index in [1.54, 1.807) is 18.3 Å². The van der Waals surface area contributed by atoms with Gasteiger partial charge in [-0.1, -0.05) is 56.3 Å². The fourth-order valence-corrected chi connectivity index (χ4v) is 3.77. The van der Waals surface area contributed by atoms with Gasteiger partial charge >= 0.3 is 0 Å². The molecule has 0 atom stereocenters. The van der Waals surface area contributed by atoms with Crippen LogP contribution in [0.15, 0.2) is 83.4 Å². The van der Waals surface area contributed by atoms with Crippen molar-refractivity contribution in [2.24, 2.45) is 0 Å². The second-order valence-corrected chi connectivity index (χ2v) is 7.40. The van der Waals surface area contributed by atoms with Crippen molar-refractivity contribution < 1.29 is 10.2 Å². The molecule has 0 aliphatic heterocycles. The normalized spacial score (nSPS) is 12.4. The highest BCUT2D eigenvalue weighted by Crippen LogP contribution is 2.39. The van der Waals surface area contributed by atoms with Crippen LogP contribution in [0.1, 0.15) is 26.7 Å². The number of halogens is 1. The van der Waals surface area contributed by atoms with E-state index in [1.807, 2.05) is 62.4 Å². The quantitative estimate of drug-likeness (QED) is 0.321. The topological polar surface area (TPSA) is 26.0 Å². The summed E-state index contributed by atoms with van der Waals surface area (Å²) in [6.45, 7) is 3.73. The van der Waals surface area contributed by atoms with Gasteiger partial charge in [-0.05, 0) is 47.4 Å². The number of furan rings is 1. The van der Waals surface area contributed by atoms with Crippen molar-refractivity contribution >= 4 is 21.9 Å². The molecule has 0 saturated carbocycles. The van der Waals surface area contributed by atoms with E-state index in [0.717, 1.165) is 49.9 Å². The molecule has 3 aromatic carbocycles. The fourth-order valence-electron chi connectivity index (χ4n) is 3.77. The zero-order chi connectivity index (χ0) is 20.9. The zero-order valence-corrected chi connectivity index (χ0v) is 16.2. The highest BCUT2D eigenvalue weighted by atomic mass is 19.1. The lowest BCUT2D eigenvalue weighted by molar-refractivity contribution is 0.628. The number of rotatable bonds is 3. The summed E-state index contributed by atoms with van der Waals surface area (Å²) >= 11 is 0. The van der Waals surface area contributed by atoms with Crippen molar-refractivity contribution in [3.05, 3.63) is 90.4 Å². The third kappa shape index (κ3) is 2.99. The second-order valence-electron chi connectivity index (χ2n) is 7.40. The lowest BCUT2D eigenvalue weighted by atomic mass is 9.99. The number of hydrogen-bond acceptors (Lipinski definition) is 2. The highest BCUT2D eigenvalue weighted by Gasteiger charge is 2.16. The third-order valence-corrected chi connectivity index (χ3v) is 5.29. The van der Waals surface area contributed by atoms with Gasteiger partial charge in [0.1, 0.15) is 17.0 Å². The first-order valence-corrected chi connectivity index (χ1v) is 9.59. The summed E-state index contributed by atoms with van der Waals surface area (Å²) in [7, 11) is 0. The Morgan fingerprint density at radius 3 is 2.21 bits per heavy atom. The molecule has 0 bridgehead atoms. The summed E-state index contributed by atoms with van der Waals surface area (Å²) in [5, 5.41) is 2.01. The maximum Gasteiger partial charge on any atom is 0.144 e. The Balaban J connectivity index is 1.76. The van der Waals surface area contributed by atoms with E-state index in [-0.39, 0.29) is 5.82 Å². The molecule has 0 unspecified atom stereocenters. The van der Waals surface area contributed by atoms with E-state index in [0.29, 0.717) is 0 Å². The fraction of sp³-hybridized carbons (Fsp3) is 0.115. The number of nitrogens with zero attached hydrogens (tertiary/aromatic N) is 1. The first-order valence-electron chi connectivity index (χ1n) is 10.1. The lowest BCUT2D eigenvalue weighted by Crippen LogP contribution is -1.90. The Bertz CT molecular complexity index is 1380. The van der Waals surface area contributed by atoms with E-state index in [2.05, 4.69) is 4.98 Å². The molecule has 2 aromatic heterocycles. The van der Waals surface area contributed by atoms with Crippen molar-refractivity contribution in [1.29, 1.82) is 0 Å². The van der Waals surface area contributed by atoms with Crippen LogP contribution in [-0.2, 0) is 0 Å². The number of benzene rings is 3. The molecule has 2 nitrogen and oxygen atoms in total. The average Bonchev–Trinajstić information content (AvgIpc) is 3.13. The molecule has 29 heavy (non-hydrogen) atoms. The van der Waals surface area contributed by atoms with Crippen molar-refractivity contribution in [1.82, 2.24) is 4.98 Å². The maximum atomic E-state index is 13.4. The molecule has 0 aliphatic rings. The van der Waals surface area contributed by atoms with Crippen LogP contribution in [0.5, 0.6) is 0 Å². The van der Waals surface area contributed by atoms with Crippen molar-refractivity contribution in [3.8, 4) is 22.4 Å². The Morgan fingerprint density at radius 2 is 1.52 bits per heavy atom. The summed E-state index contributed by atoms with van der Waals surface area (Å²) in [5.74, 6) is -0.976. The van der Waals surface area contributed by atoms with Crippen LogP contribution in [0.25, 0.3) is 44.3 Å². The molecule has 5 aromatic rings. The smallest absolute Gasteiger partial charge is 0.144 e. The van der Waals surface area contributed by atoms with Gasteiger partial charge in [-0.2, -0.15) is 0 Å². The SMILES string of the molecule is [2H]C(C)(C)c1ccnc(-c2cccc3c2oc2c(-c4ccc(F)cc4)cccc23)c1. The minimum Gasteiger partial charge on any atom is -0.455 e. The van der Waals surface area contributed by atoms with E-state index < -0.39 is 5.89 Å². The molecule has 0 aliphatic carbocycles. The summed E-state index contributed by atoms with van der Waals surface area (Å²) in [6.07, 6.45) is 1.74. The Morgan fingerprint density at radius 1 is 0.862 bits per heavy atom. The van der Waals surface area contributed by atoms with Gasteiger partial charge in [0.15, 0.2) is 0 Å². The molecule has 5 rings (SSSR count). The number of hydrogen-bond donors (Lipinski definition) is 0. The van der Waals surface area contributed by atoms with Crippen LogP contribution >= 0.6 is 0 Å². The summed E-state index contributed by atoms with van der Waals surface area (Å²) in [5.41, 5.74) is 5.91. The number of aromatic nitrogens is 1. The van der Waals surface area contributed by atoms with Gasteiger partial charge in [0.05, 0.1) is 5.69 Å². The number of fused-ring (bicyclic) bond motifs is 3. The molecule has 0 spiro atoms. The molecule has 0 amide bonds. The Labute approximate surface area is 170 Å². The number of para-hydroxylation sites is 2. The van der Waals surface area contributed by atoms with Gasteiger partial charge in [-0.15, -0.1) is 0 Å². The monoisotopic (exact) mass is 382 g/mol. The predicted octanol–water partition coefficient (Wildman–Crippen LogP) is 7.58. The van der Waals surface area contributed by atoms with Crippen molar-refractivity contribution in [2.75, 3.05) is 0 Å². The van der Waals surface area contributed by atoms with Crippen LogP contribution in [0.2, 0.25) is 0 Å². The lowest BCUT2D eigenvalue weighted by Gasteiger charge is -2.07. The van der Waals surface area contributed by atoms with E-state index in [4.69, 9.17) is 5.79 Å². The standard InChI is InChI=1S/C26H20FNO/c1-16(2)18-13-14-28-24(15-18)23-8-4-7-22-21-6-3-5-20(25(21)29-26(22)23)17-9-11-19(27)12-10-17/h3-16H,1-2H3/i16D.